The zero-order valence-electron chi connectivity index (χ0n) is 19.6. The summed E-state index contributed by atoms with van der Waals surface area (Å²) in [4.78, 5) is 31.4. The van der Waals surface area contributed by atoms with Gasteiger partial charge < -0.3 is 15.4 Å². The SMILES string of the molecule is COC(=O)N[C@H](Cc1ccccc1)C(=O)N[C@@H](Cc1ccc(C)cc1)c1csc(-c2cccs2)n1. The highest BCUT2D eigenvalue weighted by molar-refractivity contribution is 7.20. The van der Waals surface area contributed by atoms with Gasteiger partial charge in [-0.05, 0) is 35.9 Å². The van der Waals surface area contributed by atoms with Crippen LogP contribution in [-0.2, 0) is 22.4 Å². The molecule has 0 radical (unpaired) electrons. The van der Waals surface area contributed by atoms with Crippen LogP contribution in [0.1, 0.15) is 28.4 Å². The van der Waals surface area contributed by atoms with Crippen molar-refractivity contribution in [3.8, 4) is 9.88 Å². The third-order valence-corrected chi connectivity index (χ3v) is 7.46. The third-order valence-electron chi connectivity index (χ3n) is 5.56. The summed E-state index contributed by atoms with van der Waals surface area (Å²) < 4.78 is 4.77. The van der Waals surface area contributed by atoms with Crippen molar-refractivity contribution >= 4 is 34.7 Å². The van der Waals surface area contributed by atoms with Gasteiger partial charge in [-0.2, -0.15) is 0 Å². The Morgan fingerprint density at radius 2 is 1.66 bits per heavy atom. The number of thiophene rings is 1. The summed E-state index contributed by atoms with van der Waals surface area (Å²) in [5.41, 5.74) is 4.00. The summed E-state index contributed by atoms with van der Waals surface area (Å²) in [6.45, 7) is 2.05. The largest absolute Gasteiger partial charge is 0.453 e. The number of carbonyl (C=O) groups excluding carboxylic acids is 2. The predicted molar refractivity (Wildman–Crippen MR) is 141 cm³/mol. The Kier molecular flexibility index (Phi) is 8.28. The standard InChI is InChI=1S/C27H27N3O3S2/c1-18-10-12-20(13-11-18)15-21(23-17-35-26(29-23)24-9-6-14-34-24)28-25(31)22(30-27(32)33-2)16-19-7-4-3-5-8-19/h3-14,17,21-22H,15-16H2,1-2H3,(H,28,31)(H,30,32)/t21-,22+/m0/s1. The number of ether oxygens (including phenoxy) is 1. The number of amides is 2. The lowest BCUT2D eigenvalue weighted by Crippen LogP contribution is -2.49. The number of methoxy groups -OCH3 is 1. The van der Waals surface area contributed by atoms with Gasteiger partial charge in [-0.1, -0.05) is 66.2 Å². The van der Waals surface area contributed by atoms with E-state index < -0.39 is 12.1 Å². The molecular formula is C27H27N3O3S2. The van der Waals surface area contributed by atoms with E-state index in [0.717, 1.165) is 26.7 Å². The molecule has 0 aliphatic heterocycles. The Morgan fingerprint density at radius 3 is 2.34 bits per heavy atom. The van der Waals surface area contributed by atoms with Gasteiger partial charge in [0.1, 0.15) is 11.0 Å². The van der Waals surface area contributed by atoms with Crippen molar-refractivity contribution < 1.29 is 14.3 Å². The van der Waals surface area contributed by atoms with E-state index >= 15 is 0 Å². The maximum Gasteiger partial charge on any atom is 0.407 e. The summed E-state index contributed by atoms with van der Waals surface area (Å²) >= 11 is 3.19. The minimum Gasteiger partial charge on any atom is -0.453 e. The van der Waals surface area contributed by atoms with E-state index in [-0.39, 0.29) is 11.9 Å². The van der Waals surface area contributed by atoms with Crippen molar-refractivity contribution in [1.82, 2.24) is 15.6 Å². The molecule has 0 spiro atoms. The van der Waals surface area contributed by atoms with Gasteiger partial charge in [0.05, 0.1) is 23.7 Å². The van der Waals surface area contributed by atoms with Gasteiger partial charge in [0.2, 0.25) is 5.91 Å². The molecule has 0 fully saturated rings. The highest BCUT2D eigenvalue weighted by Gasteiger charge is 2.26. The van der Waals surface area contributed by atoms with Gasteiger partial charge >= 0.3 is 6.09 Å². The molecule has 180 valence electrons. The van der Waals surface area contributed by atoms with Crippen LogP contribution >= 0.6 is 22.7 Å². The maximum absolute atomic E-state index is 13.5. The molecule has 4 aromatic rings. The normalized spacial score (nSPS) is 12.5. The fourth-order valence-electron chi connectivity index (χ4n) is 3.68. The summed E-state index contributed by atoms with van der Waals surface area (Å²) in [5.74, 6) is -0.290. The van der Waals surface area contributed by atoms with Gasteiger partial charge in [-0.3, -0.25) is 4.79 Å². The van der Waals surface area contributed by atoms with Crippen LogP contribution in [0.3, 0.4) is 0 Å². The lowest BCUT2D eigenvalue weighted by Gasteiger charge is -2.23. The molecule has 0 saturated carbocycles. The van der Waals surface area contributed by atoms with E-state index in [1.54, 1.807) is 22.7 Å². The Balaban J connectivity index is 1.59. The zero-order valence-corrected chi connectivity index (χ0v) is 21.2. The molecule has 2 aromatic heterocycles. The molecule has 2 N–H and O–H groups in total. The highest BCUT2D eigenvalue weighted by atomic mass is 32.1. The maximum atomic E-state index is 13.5. The topological polar surface area (TPSA) is 80.3 Å². The van der Waals surface area contributed by atoms with Crippen molar-refractivity contribution in [3.05, 3.63) is 99.9 Å². The summed E-state index contributed by atoms with van der Waals surface area (Å²) in [6, 6.07) is 20.7. The third kappa shape index (κ3) is 6.77. The highest BCUT2D eigenvalue weighted by Crippen LogP contribution is 2.30. The van der Waals surface area contributed by atoms with Crippen LogP contribution in [0, 0.1) is 6.92 Å². The molecule has 2 amide bonds. The van der Waals surface area contributed by atoms with Gasteiger partial charge in [0.25, 0.3) is 0 Å². The minimum atomic E-state index is -0.791. The second kappa shape index (κ2) is 11.8. The summed E-state index contributed by atoms with van der Waals surface area (Å²) in [6.07, 6.45) is 0.275. The number of thiazole rings is 1. The molecule has 2 atom stereocenters. The van der Waals surface area contributed by atoms with Crippen LogP contribution in [0.15, 0.2) is 77.5 Å². The molecular weight excluding hydrogens is 478 g/mol. The molecule has 0 unspecified atom stereocenters. The average Bonchev–Trinajstić information content (AvgIpc) is 3.57. The fourth-order valence-corrected chi connectivity index (χ4v) is 5.37. The number of aromatic nitrogens is 1. The van der Waals surface area contributed by atoms with Crippen LogP contribution in [0.25, 0.3) is 9.88 Å². The van der Waals surface area contributed by atoms with Gasteiger partial charge in [0, 0.05) is 11.8 Å². The first kappa shape index (κ1) is 24.6. The molecule has 35 heavy (non-hydrogen) atoms. The Hall–Kier alpha value is -3.49. The van der Waals surface area contributed by atoms with Crippen molar-refractivity contribution in [2.24, 2.45) is 0 Å². The van der Waals surface area contributed by atoms with Crippen LogP contribution in [0.2, 0.25) is 0 Å². The molecule has 0 aliphatic rings. The molecule has 0 bridgehead atoms. The number of rotatable bonds is 9. The van der Waals surface area contributed by atoms with Gasteiger partial charge in [-0.15, -0.1) is 22.7 Å². The first-order valence-corrected chi connectivity index (χ1v) is 13.0. The lowest BCUT2D eigenvalue weighted by atomic mass is 10.0. The van der Waals surface area contributed by atoms with Crippen LogP contribution in [-0.4, -0.2) is 30.1 Å². The number of carbonyl (C=O) groups is 2. The quantitative estimate of drug-likeness (QED) is 0.313. The monoisotopic (exact) mass is 505 g/mol. The molecule has 8 heteroatoms. The summed E-state index contributed by atoms with van der Waals surface area (Å²) in [5, 5.41) is 10.8. The molecule has 0 aliphatic carbocycles. The number of aryl methyl sites for hydroxylation is 1. The van der Waals surface area contributed by atoms with E-state index in [0.29, 0.717) is 12.8 Å². The Morgan fingerprint density at radius 1 is 0.914 bits per heavy atom. The average molecular weight is 506 g/mol. The van der Waals surface area contributed by atoms with Crippen molar-refractivity contribution in [2.45, 2.75) is 31.8 Å². The second-order valence-corrected chi connectivity index (χ2v) is 9.99. The number of benzene rings is 2. The van der Waals surface area contributed by atoms with Gasteiger partial charge in [0.15, 0.2) is 0 Å². The Labute approximate surface area is 213 Å². The smallest absolute Gasteiger partial charge is 0.407 e. The summed E-state index contributed by atoms with van der Waals surface area (Å²) in [7, 11) is 1.29. The van der Waals surface area contributed by atoms with Crippen LogP contribution < -0.4 is 10.6 Å². The van der Waals surface area contributed by atoms with E-state index in [2.05, 4.69) is 34.9 Å². The number of hydrogen-bond donors (Lipinski definition) is 2. The number of nitrogens with one attached hydrogen (secondary N) is 2. The molecule has 6 nitrogen and oxygen atoms in total. The van der Waals surface area contributed by atoms with E-state index in [1.807, 2.05) is 60.1 Å². The minimum absolute atomic E-state index is 0.290. The molecule has 2 heterocycles. The lowest BCUT2D eigenvalue weighted by molar-refractivity contribution is -0.123. The first-order valence-electron chi connectivity index (χ1n) is 11.3. The van der Waals surface area contributed by atoms with Crippen molar-refractivity contribution in [3.63, 3.8) is 0 Å². The van der Waals surface area contributed by atoms with Crippen molar-refractivity contribution in [1.29, 1.82) is 0 Å². The predicted octanol–water partition coefficient (Wildman–Crippen LogP) is 5.55. The zero-order chi connectivity index (χ0) is 24.6. The van der Waals surface area contributed by atoms with E-state index in [1.165, 1.54) is 12.7 Å². The van der Waals surface area contributed by atoms with Crippen molar-refractivity contribution in [2.75, 3.05) is 7.11 Å². The second-order valence-electron chi connectivity index (χ2n) is 8.18. The number of alkyl carbamates (subject to hydrolysis) is 1. The molecule has 0 saturated heterocycles. The number of nitrogens with zero attached hydrogens (tertiary/aromatic N) is 1. The first-order chi connectivity index (χ1) is 17.0. The van der Waals surface area contributed by atoms with E-state index in [4.69, 9.17) is 9.72 Å². The molecule has 4 rings (SSSR count). The number of hydrogen-bond acceptors (Lipinski definition) is 6. The Bertz CT molecular complexity index is 1240. The fraction of sp³-hybridized carbons (Fsp3) is 0.222. The van der Waals surface area contributed by atoms with Crippen LogP contribution in [0.5, 0.6) is 0 Å². The molecule has 2 aromatic carbocycles. The van der Waals surface area contributed by atoms with Crippen LogP contribution in [0.4, 0.5) is 4.79 Å². The van der Waals surface area contributed by atoms with Gasteiger partial charge in [-0.25, -0.2) is 9.78 Å². The van der Waals surface area contributed by atoms with E-state index in [9.17, 15) is 9.59 Å².